The molecule has 0 bridgehead atoms. The van der Waals surface area contributed by atoms with Gasteiger partial charge in [0.15, 0.2) is 17.0 Å². The van der Waals surface area contributed by atoms with Crippen molar-refractivity contribution in [3.05, 3.63) is 45.7 Å². The zero-order valence-corrected chi connectivity index (χ0v) is 19.5. The van der Waals surface area contributed by atoms with E-state index >= 15 is 0 Å². The number of fused-ring (bicyclic) bond motifs is 3. The second kappa shape index (κ2) is 7.39. The minimum absolute atomic E-state index is 0.000950. The number of nitriles is 1. The number of aryl methyl sites for hydroxylation is 1. The van der Waals surface area contributed by atoms with Crippen LogP contribution in [0.1, 0.15) is 30.0 Å². The van der Waals surface area contributed by atoms with Crippen LogP contribution >= 0.6 is 0 Å². The number of Topliss-reactive ketones (excluding diaryl/α,β-unsaturated/α-hetero) is 2. The van der Waals surface area contributed by atoms with Crippen molar-refractivity contribution >= 4 is 23.2 Å². The number of rotatable bonds is 3. The monoisotopic (exact) mass is 481 g/mol. The molecule has 0 saturated heterocycles. The molecule has 0 heterocycles. The van der Waals surface area contributed by atoms with E-state index in [0.29, 0.717) is 12.0 Å². The van der Waals surface area contributed by atoms with Gasteiger partial charge < -0.3 is 32.5 Å². The van der Waals surface area contributed by atoms with E-state index < -0.39 is 62.7 Å². The van der Waals surface area contributed by atoms with Crippen LogP contribution in [0.5, 0.6) is 5.75 Å². The molecule has 4 atom stereocenters. The van der Waals surface area contributed by atoms with Crippen LogP contribution in [0.3, 0.4) is 0 Å². The van der Waals surface area contributed by atoms with E-state index in [1.165, 1.54) is 25.1 Å². The molecule has 35 heavy (non-hydrogen) atoms. The van der Waals surface area contributed by atoms with Gasteiger partial charge in [0.25, 0.3) is 5.91 Å². The predicted molar refractivity (Wildman–Crippen MR) is 124 cm³/mol. The van der Waals surface area contributed by atoms with Crippen molar-refractivity contribution in [2.24, 2.45) is 22.6 Å². The Morgan fingerprint density at radius 1 is 1.23 bits per heavy atom. The molecule has 11 heteroatoms. The van der Waals surface area contributed by atoms with Gasteiger partial charge in [0.1, 0.15) is 22.8 Å². The molecule has 11 nitrogen and oxygen atoms in total. The predicted octanol–water partition coefficient (Wildman–Crippen LogP) is -0.532. The Morgan fingerprint density at radius 2 is 1.86 bits per heavy atom. The van der Waals surface area contributed by atoms with Crippen LogP contribution in [-0.2, 0) is 27.2 Å². The summed E-state index contributed by atoms with van der Waals surface area (Å²) >= 11 is 0. The number of phenolic OH excluding ortho intramolecular Hbond substituents is 1. The molecule has 0 aliphatic heterocycles. The Morgan fingerprint density at radius 3 is 2.37 bits per heavy atom. The number of nitrogens with zero attached hydrogens (tertiary/aromatic N) is 2. The van der Waals surface area contributed by atoms with Gasteiger partial charge in [-0.1, -0.05) is 13.0 Å². The summed E-state index contributed by atoms with van der Waals surface area (Å²) in [7, 11) is 2.94. The van der Waals surface area contributed by atoms with Gasteiger partial charge in [0.2, 0.25) is 0 Å². The highest BCUT2D eigenvalue weighted by Crippen LogP contribution is 2.58. The van der Waals surface area contributed by atoms with Crippen LogP contribution in [0, 0.1) is 16.7 Å². The summed E-state index contributed by atoms with van der Waals surface area (Å²) in [6.07, 6.45) is 0.115. The van der Waals surface area contributed by atoms with Gasteiger partial charge in [-0.15, -0.1) is 0 Å². The van der Waals surface area contributed by atoms with Crippen LogP contribution in [-0.4, -0.2) is 68.9 Å². The zero-order valence-electron chi connectivity index (χ0n) is 19.5. The summed E-state index contributed by atoms with van der Waals surface area (Å²) in [5, 5.41) is 43.2. The first-order chi connectivity index (χ1) is 16.2. The highest BCUT2D eigenvalue weighted by molar-refractivity contribution is 6.25. The van der Waals surface area contributed by atoms with Crippen molar-refractivity contribution < 1.29 is 29.7 Å². The number of primary amides is 1. The number of amides is 1. The second-order valence-corrected chi connectivity index (χ2v) is 9.73. The number of phenols is 1. The number of aromatic hydroxyl groups is 1. The molecule has 1 fully saturated rings. The third kappa shape index (κ3) is 2.72. The smallest absolute Gasteiger partial charge is 0.255 e. The van der Waals surface area contributed by atoms with Crippen molar-refractivity contribution in [2.45, 2.75) is 43.3 Å². The van der Waals surface area contributed by atoms with E-state index in [1.54, 1.807) is 12.1 Å². The van der Waals surface area contributed by atoms with Crippen LogP contribution in [0.2, 0.25) is 0 Å². The van der Waals surface area contributed by atoms with Crippen molar-refractivity contribution in [2.75, 3.05) is 14.1 Å². The van der Waals surface area contributed by atoms with Gasteiger partial charge in [-0.05, 0) is 50.6 Å². The summed E-state index contributed by atoms with van der Waals surface area (Å²) in [5.41, 5.74) is 12.4. The van der Waals surface area contributed by atoms with E-state index in [2.05, 4.69) is 0 Å². The lowest BCUT2D eigenvalue weighted by Gasteiger charge is -2.58. The Labute approximate surface area is 201 Å². The van der Waals surface area contributed by atoms with Gasteiger partial charge in [-0.2, -0.15) is 5.26 Å². The minimum Gasteiger partial charge on any atom is -0.509 e. The van der Waals surface area contributed by atoms with Crippen molar-refractivity contribution in [3.8, 4) is 11.8 Å². The Bertz CT molecular complexity index is 1320. The molecule has 3 aliphatic carbocycles. The summed E-state index contributed by atoms with van der Waals surface area (Å²) < 4.78 is 0. The largest absolute Gasteiger partial charge is 0.509 e. The normalized spacial score (nSPS) is 32.2. The topological polar surface area (TPSA) is 217 Å². The van der Waals surface area contributed by atoms with Crippen molar-refractivity contribution in [1.82, 2.24) is 4.90 Å². The molecule has 3 aliphatic rings. The maximum Gasteiger partial charge on any atom is 0.255 e. The van der Waals surface area contributed by atoms with Crippen molar-refractivity contribution in [1.29, 1.82) is 5.26 Å². The molecule has 1 aromatic carbocycles. The van der Waals surface area contributed by atoms with Gasteiger partial charge >= 0.3 is 0 Å². The van der Waals surface area contributed by atoms with Gasteiger partial charge in [-0.3, -0.25) is 19.3 Å². The van der Waals surface area contributed by atoms with Crippen LogP contribution in [0.4, 0.5) is 0 Å². The first-order valence-corrected chi connectivity index (χ1v) is 11.0. The maximum atomic E-state index is 14.1. The van der Waals surface area contributed by atoms with Gasteiger partial charge in [0.05, 0.1) is 34.3 Å². The number of carbonyl (C=O) groups is 3. The average molecular weight is 482 g/mol. The van der Waals surface area contributed by atoms with Crippen LogP contribution in [0.25, 0.3) is 5.76 Å². The second-order valence-electron chi connectivity index (χ2n) is 9.73. The number of carbonyl (C=O) groups excluding carboxylic acids is 3. The quantitative estimate of drug-likeness (QED) is 0.303. The minimum atomic E-state index is -2.65. The number of hydrogen-bond acceptors (Lipinski definition) is 10. The molecule has 4 rings (SSSR count). The number of aliphatic hydroxyl groups excluding tert-OH is 2. The fourth-order valence-electron chi connectivity index (χ4n) is 6.22. The van der Waals surface area contributed by atoms with Crippen LogP contribution < -0.4 is 17.2 Å². The Kier molecular flexibility index (Phi) is 5.15. The molecule has 1 aromatic rings. The number of hydrogen-bond donors (Lipinski definition) is 6. The number of nitrogens with two attached hydrogens (primary N) is 3. The standard InChI is InChI=1S/C24H27N5O6/c1-4-10-5-6-12(30)13-11(10)7-22(27)8-24(28)18(29(2)3)17(32)14(21(26)35)19(33)23(24,9-25)20(34)15(22)16(13)31/h5-6,18,30-31,33H,4,7-8,27-28H2,1-3H3,(H2,26,35)/t18-,22-,23+,24-/m1/s1. The van der Waals surface area contributed by atoms with E-state index in [-0.39, 0.29) is 24.2 Å². The van der Waals surface area contributed by atoms with Crippen LogP contribution in [0.15, 0.2) is 29.0 Å². The number of benzene rings is 1. The van der Waals surface area contributed by atoms with E-state index in [9.17, 15) is 35.0 Å². The molecule has 1 saturated carbocycles. The summed E-state index contributed by atoms with van der Waals surface area (Å²) in [5.74, 6) is -5.53. The van der Waals surface area contributed by atoms with E-state index in [0.717, 1.165) is 5.56 Å². The van der Waals surface area contributed by atoms with Gasteiger partial charge in [0, 0.05) is 0 Å². The SMILES string of the molecule is CCc1ccc(O)c2c1C[C@@]1(N)C[C@@]3(N)[C@H](N(C)C)C(=O)C(C(N)=O)=C(O)[C@@]3(C#N)C(=O)C1=C2O. The molecule has 184 valence electrons. The van der Waals surface area contributed by atoms with Gasteiger partial charge in [-0.25, -0.2) is 0 Å². The lowest BCUT2D eigenvalue weighted by Crippen LogP contribution is -2.80. The third-order valence-corrected chi connectivity index (χ3v) is 7.61. The molecular formula is C24H27N5O6. The fraction of sp³-hybridized carbons (Fsp3) is 0.417. The maximum absolute atomic E-state index is 14.1. The first kappa shape index (κ1) is 24.4. The van der Waals surface area contributed by atoms with E-state index in [1.807, 2.05) is 6.92 Å². The molecule has 1 amide bonds. The third-order valence-electron chi connectivity index (χ3n) is 7.61. The summed E-state index contributed by atoms with van der Waals surface area (Å²) in [6, 6.07) is 3.38. The molecule has 0 radical (unpaired) electrons. The average Bonchev–Trinajstić information content (AvgIpc) is 2.72. The zero-order chi connectivity index (χ0) is 26.2. The Hall–Kier alpha value is -3.72. The lowest BCUT2D eigenvalue weighted by atomic mass is 9.47. The summed E-state index contributed by atoms with van der Waals surface area (Å²) in [6.45, 7) is 1.87. The van der Waals surface area contributed by atoms with Crippen molar-refractivity contribution in [3.63, 3.8) is 0 Å². The fourth-order valence-corrected chi connectivity index (χ4v) is 6.22. The summed E-state index contributed by atoms with van der Waals surface area (Å²) in [4.78, 5) is 41.0. The highest BCUT2D eigenvalue weighted by Gasteiger charge is 2.74. The number of aliphatic hydroxyl groups is 2. The first-order valence-electron chi connectivity index (χ1n) is 11.0. The molecule has 0 aromatic heterocycles. The van der Waals surface area contributed by atoms with E-state index in [4.69, 9.17) is 17.2 Å². The number of ketones is 2. The highest BCUT2D eigenvalue weighted by atomic mass is 16.3. The Balaban J connectivity index is 2.15. The number of likely N-dealkylation sites (N-methyl/N-ethyl adjacent to an activating group) is 1. The lowest BCUT2D eigenvalue weighted by molar-refractivity contribution is -0.139. The molecule has 0 spiro atoms. The molecule has 9 N–H and O–H groups in total. The molecular weight excluding hydrogens is 454 g/mol. The molecule has 0 unspecified atom stereocenters.